The maximum Gasteiger partial charge on any atom is 0.408 e. The van der Waals surface area contributed by atoms with Crippen molar-refractivity contribution in [2.24, 2.45) is 5.92 Å². The van der Waals surface area contributed by atoms with E-state index in [0.29, 0.717) is 6.54 Å². The predicted molar refractivity (Wildman–Crippen MR) is 115 cm³/mol. The fourth-order valence-electron chi connectivity index (χ4n) is 3.28. The van der Waals surface area contributed by atoms with Crippen molar-refractivity contribution in [3.8, 4) is 0 Å². The van der Waals surface area contributed by atoms with Gasteiger partial charge in [0.15, 0.2) is 0 Å². The largest absolute Gasteiger partial charge is 0.465 e. The van der Waals surface area contributed by atoms with Crippen molar-refractivity contribution in [3.05, 3.63) is 35.4 Å². The number of carboxylic acid groups (broad SMARTS) is 1. The number of aliphatic hydroxyl groups is 1. The summed E-state index contributed by atoms with van der Waals surface area (Å²) in [6, 6.07) is 1.33. The van der Waals surface area contributed by atoms with Gasteiger partial charge in [0, 0.05) is 24.7 Å². The summed E-state index contributed by atoms with van der Waals surface area (Å²) in [4.78, 5) is 25.2. The molecule has 0 aliphatic carbocycles. The molecule has 0 saturated carbocycles. The molecule has 176 valence electrons. The highest BCUT2D eigenvalue weighted by molar-refractivity contribution is 5.81. The van der Waals surface area contributed by atoms with Gasteiger partial charge < -0.3 is 20.8 Å². The van der Waals surface area contributed by atoms with E-state index in [0.717, 1.165) is 23.1 Å². The zero-order valence-electron chi connectivity index (χ0n) is 19.1. The van der Waals surface area contributed by atoms with E-state index < -0.39 is 41.5 Å². The topological polar surface area (TPSA) is 102 Å². The molecule has 0 saturated heterocycles. The van der Waals surface area contributed by atoms with Crippen molar-refractivity contribution >= 4 is 12.0 Å². The maximum absolute atomic E-state index is 13.7. The first-order chi connectivity index (χ1) is 14.2. The van der Waals surface area contributed by atoms with Gasteiger partial charge in [-0.3, -0.25) is 9.69 Å². The molecule has 1 rings (SSSR count). The fraction of sp³-hybridized carbons (Fsp3) is 0.636. The number of aliphatic hydroxyl groups excluding tert-OH is 1. The van der Waals surface area contributed by atoms with E-state index in [9.17, 15) is 28.6 Å². The molecule has 0 heterocycles. The minimum Gasteiger partial charge on any atom is -0.465 e. The van der Waals surface area contributed by atoms with Gasteiger partial charge in [0.25, 0.3) is 0 Å². The van der Waals surface area contributed by atoms with Crippen LogP contribution < -0.4 is 10.6 Å². The molecule has 0 bridgehead atoms. The molecule has 31 heavy (non-hydrogen) atoms. The van der Waals surface area contributed by atoms with Gasteiger partial charge in [0.1, 0.15) is 11.6 Å². The van der Waals surface area contributed by atoms with Gasteiger partial charge in [-0.25, -0.2) is 13.6 Å². The number of nitrogens with one attached hydrogen (secondary N) is 2. The molecule has 9 heteroatoms. The lowest BCUT2D eigenvalue weighted by atomic mass is 9.94. The quantitative estimate of drug-likeness (QED) is 0.445. The molecule has 0 spiro atoms. The van der Waals surface area contributed by atoms with E-state index in [2.05, 4.69) is 10.6 Å². The average Bonchev–Trinajstić information content (AvgIpc) is 2.60. The Bertz CT molecular complexity index is 733. The van der Waals surface area contributed by atoms with Crippen LogP contribution >= 0.6 is 0 Å². The molecular weight excluding hydrogens is 408 g/mol. The van der Waals surface area contributed by atoms with Crippen LogP contribution in [0.2, 0.25) is 0 Å². The molecule has 1 aromatic rings. The molecule has 0 aromatic heterocycles. The van der Waals surface area contributed by atoms with Crippen molar-refractivity contribution in [2.45, 2.75) is 71.7 Å². The third-order valence-electron chi connectivity index (χ3n) is 4.78. The molecule has 0 aliphatic heterocycles. The number of carbonyl (C=O) groups excluding carboxylic acids is 1. The van der Waals surface area contributed by atoms with E-state index in [-0.39, 0.29) is 30.4 Å². The molecule has 3 atom stereocenters. The van der Waals surface area contributed by atoms with Gasteiger partial charge in [0.2, 0.25) is 5.91 Å². The molecule has 0 radical (unpaired) electrons. The Morgan fingerprint density at radius 1 is 1.06 bits per heavy atom. The Morgan fingerprint density at radius 3 is 2.06 bits per heavy atom. The van der Waals surface area contributed by atoms with E-state index in [1.54, 1.807) is 27.7 Å². The van der Waals surface area contributed by atoms with Crippen molar-refractivity contribution in [2.75, 3.05) is 13.1 Å². The van der Waals surface area contributed by atoms with Crippen LogP contribution in [0.5, 0.6) is 0 Å². The first-order valence-corrected chi connectivity index (χ1v) is 10.4. The van der Waals surface area contributed by atoms with Crippen molar-refractivity contribution in [1.29, 1.82) is 0 Å². The van der Waals surface area contributed by atoms with Gasteiger partial charge in [-0.1, -0.05) is 13.8 Å². The lowest BCUT2D eigenvalue weighted by Gasteiger charge is -2.42. The standard InChI is InChI=1S/C22H35F2N3O4/c1-13(2)11-26-20(29)14(3)25-12-19(28)18(27(21(30)31)22(4,5)6)9-15-7-16(23)10-17(24)8-15/h7-8,10,13-14,18-19,25,28H,9,11-12H2,1-6H3,(H,26,29)(H,30,31)/t14?,18-,19+/m0/s1. The smallest absolute Gasteiger partial charge is 0.408 e. The molecule has 4 N–H and O–H groups in total. The van der Waals surface area contributed by atoms with Crippen molar-refractivity contribution in [1.82, 2.24) is 15.5 Å². The van der Waals surface area contributed by atoms with Crippen LogP contribution in [0.25, 0.3) is 0 Å². The molecule has 1 unspecified atom stereocenters. The SMILES string of the molecule is CC(C)CNC(=O)C(C)NC[C@@H](O)[C@H](Cc1cc(F)cc(F)c1)N(C(=O)O)C(C)(C)C. The van der Waals surface area contributed by atoms with Gasteiger partial charge in [-0.05, 0) is 57.7 Å². The molecule has 1 aromatic carbocycles. The maximum atomic E-state index is 13.7. The number of nitrogens with zero attached hydrogens (tertiary/aromatic N) is 1. The second kappa shape index (κ2) is 11.4. The summed E-state index contributed by atoms with van der Waals surface area (Å²) in [6.07, 6.45) is -2.60. The number of carbonyl (C=O) groups is 2. The van der Waals surface area contributed by atoms with E-state index in [4.69, 9.17) is 0 Å². The minimum atomic E-state index is -1.27. The Kier molecular flexibility index (Phi) is 9.83. The van der Waals surface area contributed by atoms with Gasteiger partial charge in [-0.2, -0.15) is 0 Å². The summed E-state index contributed by atoms with van der Waals surface area (Å²) >= 11 is 0. The average molecular weight is 444 g/mol. The summed E-state index contributed by atoms with van der Waals surface area (Å²) in [6.45, 7) is 11.0. The van der Waals surface area contributed by atoms with E-state index in [1.165, 1.54) is 0 Å². The first-order valence-electron chi connectivity index (χ1n) is 10.4. The number of hydrogen-bond donors (Lipinski definition) is 4. The molecule has 0 fully saturated rings. The van der Waals surface area contributed by atoms with Crippen LogP contribution in [0.1, 0.15) is 47.1 Å². The van der Waals surface area contributed by atoms with Crippen LogP contribution in [0.4, 0.5) is 13.6 Å². The Labute approximate surface area is 182 Å². The van der Waals surface area contributed by atoms with Crippen LogP contribution in [-0.2, 0) is 11.2 Å². The van der Waals surface area contributed by atoms with Crippen LogP contribution in [-0.4, -0.2) is 63.9 Å². The van der Waals surface area contributed by atoms with Gasteiger partial charge in [0.05, 0.1) is 18.2 Å². The number of rotatable bonds is 10. The second-order valence-corrected chi connectivity index (χ2v) is 9.21. The monoisotopic (exact) mass is 443 g/mol. The van der Waals surface area contributed by atoms with Crippen molar-refractivity contribution in [3.63, 3.8) is 0 Å². The second-order valence-electron chi connectivity index (χ2n) is 9.21. The van der Waals surface area contributed by atoms with Gasteiger partial charge in [-0.15, -0.1) is 0 Å². The lowest BCUT2D eigenvalue weighted by molar-refractivity contribution is -0.123. The van der Waals surface area contributed by atoms with E-state index in [1.807, 2.05) is 13.8 Å². The van der Waals surface area contributed by atoms with Gasteiger partial charge >= 0.3 is 6.09 Å². The predicted octanol–water partition coefficient (Wildman–Crippen LogP) is 2.77. The summed E-state index contributed by atoms with van der Waals surface area (Å²) in [7, 11) is 0. The number of halogens is 2. The van der Waals surface area contributed by atoms with Crippen molar-refractivity contribution < 1.29 is 28.6 Å². The highest BCUT2D eigenvalue weighted by atomic mass is 19.1. The molecule has 7 nitrogen and oxygen atoms in total. The summed E-state index contributed by atoms with van der Waals surface area (Å²) in [5.74, 6) is -1.52. The Hall–Kier alpha value is -2.26. The summed E-state index contributed by atoms with van der Waals surface area (Å²) in [5, 5.41) is 26.3. The molecule has 2 amide bonds. The lowest BCUT2D eigenvalue weighted by Crippen LogP contribution is -2.58. The molecule has 0 aliphatic rings. The minimum absolute atomic E-state index is 0.0847. The number of amides is 2. The Balaban J connectivity index is 3.04. The summed E-state index contributed by atoms with van der Waals surface area (Å²) in [5.41, 5.74) is -0.663. The third-order valence-corrected chi connectivity index (χ3v) is 4.78. The normalized spacial score (nSPS) is 14.8. The summed E-state index contributed by atoms with van der Waals surface area (Å²) < 4.78 is 27.3. The number of benzene rings is 1. The number of hydrogen-bond acceptors (Lipinski definition) is 4. The highest BCUT2D eigenvalue weighted by Crippen LogP contribution is 2.23. The zero-order valence-corrected chi connectivity index (χ0v) is 19.1. The molecular formula is C22H35F2N3O4. The third kappa shape index (κ3) is 8.78. The highest BCUT2D eigenvalue weighted by Gasteiger charge is 2.37. The van der Waals surface area contributed by atoms with Crippen LogP contribution in [0.15, 0.2) is 18.2 Å². The van der Waals surface area contributed by atoms with Crippen LogP contribution in [0, 0.1) is 17.6 Å². The van der Waals surface area contributed by atoms with Crippen LogP contribution in [0.3, 0.4) is 0 Å². The Morgan fingerprint density at radius 2 is 1.61 bits per heavy atom. The fourth-order valence-corrected chi connectivity index (χ4v) is 3.28. The zero-order chi connectivity index (χ0) is 23.9. The van der Waals surface area contributed by atoms with E-state index >= 15 is 0 Å². The first kappa shape index (κ1) is 26.8.